The van der Waals surface area contributed by atoms with Gasteiger partial charge in [0, 0.05) is 6.42 Å². The molecule has 3 unspecified atom stereocenters. The smallest absolute Gasteiger partial charge is 0.281 e. The van der Waals surface area contributed by atoms with Crippen molar-refractivity contribution < 1.29 is 17.8 Å². The Balaban J connectivity index is 2.56. The summed E-state index contributed by atoms with van der Waals surface area (Å²) in [5.41, 5.74) is 4.10. The van der Waals surface area contributed by atoms with E-state index in [1.165, 1.54) is 0 Å². The van der Waals surface area contributed by atoms with Gasteiger partial charge in [0.2, 0.25) is 0 Å². The van der Waals surface area contributed by atoms with E-state index in [0.717, 1.165) is 6.42 Å². The van der Waals surface area contributed by atoms with Gasteiger partial charge >= 0.3 is 0 Å². The molecular formula is C10H17NO4S. The standard InChI is InChI=1S/C10H17NO4S/c1-9(2)6-3-4-10(9,7(12)5-6)8(11)16(13,14)15/h6,8H,3-5,11H2,1-2H3,(H,13,14,15). The van der Waals surface area contributed by atoms with Crippen molar-refractivity contribution in [1.82, 2.24) is 0 Å². The third-order valence-electron chi connectivity index (χ3n) is 4.79. The van der Waals surface area contributed by atoms with Crippen molar-refractivity contribution in [3.05, 3.63) is 0 Å². The van der Waals surface area contributed by atoms with Gasteiger partial charge in [-0.15, -0.1) is 0 Å². The molecule has 0 radical (unpaired) electrons. The Morgan fingerprint density at radius 3 is 2.38 bits per heavy atom. The number of rotatable bonds is 2. The Morgan fingerprint density at radius 2 is 2.06 bits per heavy atom. The second kappa shape index (κ2) is 3.05. The average molecular weight is 247 g/mol. The molecule has 16 heavy (non-hydrogen) atoms. The van der Waals surface area contributed by atoms with E-state index in [1.807, 2.05) is 13.8 Å². The van der Waals surface area contributed by atoms with E-state index >= 15 is 0 Å². The maximum absolute atomic E-state index is 12.0. The summed E-state index contributed by atoms with van der Waals surface area (Å²) in [7, 11) is -4.38. The van der Waals surface area contributed by atoms with Crippen molar-refractivity contribution in [2.24, 2.45) is 22.5 Å². The Hall–Kier alpha value is -0.460. The molecule has 0 spiro atoms. The van der Waals surface area contributed by atoms with Crippen LogP contribution in [0.1, 0.15) is 33.1 Å². The summed E-state index contributed by atoms with van der Waals surface area (Å²) in [5.74, 6) is 0.0756. The van der Waals surface area contributed by atoms with Crippen molar-refractivity contribution in [2.75, 3.05) is 0 Å². The summed E-state index contributed by atoms with van der Waals surface area (Å²) in [5, 5.41) is -1.49. The molecule has 0 heterocycles. The Morgan fingerprint density at radius 1 is 1.50 bits per heavy atom. The molecule has 0 aromatic heterocycles. The first-order valence-corrected chi connectivity index (χ1v) is 6.89. The number of fused-ring (bicyclic) bond motifs is 2. The van der Waals surface area contributed by atoms with Crippen molar-refractivity contribution in [2.45, 2.75) is 38.5 Å². The van der Waals surface area contributed by atoms with Crippen molar-refractivity contribution >= 4 is 15.9 Å². The topological polar surface area (TPSA) is 97.5 Å². The highest BCUT2D eigenvalue weighted by atomic mass is 32.2. The summed E-state index contributed by atoms with van der Waals surface area (Å²) < 4.78 is 31.5. The summed E-state index contributed by atoms with van der Waals surface area (Å²) in [6, 6.07) is 0. The molecule has 3 atom stereocenters. The first-order chi connectivity index (χ1) is 7.14. The highest BCUT2D eigenvalue weighted by Gasteiger charge is 2.68. The van der Waals surface area contributed by atoms with Crippen LogP contribution in [-0.4, -0.2) is 24.1 Å². The van der Waals surface area contributed by atoms with Crippen LogP contribution in [0.15, 0.2) is 0 Å². The molecule has 2 fully saturated rings. The first-order valence-electron chi connectivity index (χ1n) is 5.39. The number of Topliss-reactive ketones (excluding diaryl/α,β-unsaturated/α-hetero) is 1. The second-order valence-electron chi connectivity index (χ2n) is 5.49. The number of ketones is 1. The number of nitrogens with two attached hydrogens (primary N) is 1. The zero-order valence-corrected chi connectivity index (χ0v) is 10.3. The molecule has 6 heteroatoms. The average Bonchev–Trinajstić information content (AvgIpc) is 2.48. The Labute approximate surface area is 95.1 Å². The lowest BCUT2D eigenvalue weighted by atomic mass is 9.69. The van der Waals surface area contributed by atoms with Crippen LogP contribution in [0.5, 0.6) is 0 Å². The maximum atomic E-state index is 12.0. The van der Waals surface area contributed by atoms with Crippen LogP contribution in [0.3, 0.4) is 0 Å². The van der Waals surface area contributed by atoms with Gasteiger partial charge in [0.1, 0.15) is 11.2 Å². The van der Waals surface area contributed by atoms with Crippen molar-refractivity contribution in [3.8, 4) is 0 Å². The minimum atomic E-state index is -4.38. The number of carbonyl (C=O) groups excluding carboxylic acids is 1. The van der Waals surface area contributed by atoms with E-state index in [0.29, 0.717) is 12.8 Å². The minimum absolute atomic E-state index is 0.112. The lowest BCUT2D eigenvalue weighted by Crippen LogP contribution is -2.54. The van der Waals surface area contributed by atoms with Gasteiger partial charge in [0.05, 0.1) is 5.41 Å². The molecule has 92 valence electrons. The van der Waals surface area contributed by atoms with E-state index in [4.69, 9.17) is 10.3 Å². The maximum Gasteiger partial charge on any atom is 0.281 e. The molecule has 3 N–H and O–H groups in total. The predicted molar refractivity (Wildman–Crippen MR) is 58.1 cm³/mol. The van der Waals surface area contributed by atoms with Crippen LogP contribution in [-0.2, 0) is 14.9 Å². The molecule has 0 aliphatic heterocycles. The monoisotopic (exact) mass is 247 g/mol. The van der Waals surface area contributed by atoms with Crippen LogP contribution in [0.25, 0.3) is 0 Å². The van der Waals surface area contributed by atoms with Crippen LogP contribution in [0.4, 0.5) is 0 Å². The van der Waals surface area contributed by atoms with E-state index < -0.39 is 26.3 Å². The summed E-state index contributed by atoms with van der Waals surface area (Å²) in [6.45, 7) is 3.75. The van der Waals surface area contributed by atoms with Gasteiger partial charge in [-0.3, -0.25) is 9.35 Å². The molecule has 2 bridgehead atoms. The van der Waals surface area contributed by atoms with Gasteiger partial charge in [-0.25, -0.2) is 0 Å². The van der Waals surface area contributed by atoms with Gasteiger partial charge in [-0.2, -0.15) is 8.42 Å². The van der Waals surface area contributed by atoms with E-state index in [-0.39, 0.29) is 11.7 Å². The molecule has 2 aliphatic rings. The summed E-state index contributed by atoms with van der Waals surface area (Å²) in [6.07, 6.45) is 1.66. The van der Waals surface area contributed by atoms with Gasteiger partial charge < -0.3 is 5.73 Å². The molecule has 2 rings (SSSR count). The molecular weight excluding hydrogens is 230 g/mol. The zero-order chi connectivity index (χ0) is 12.4. The molecule has 0 saturated heterocycles. The highest BCUT2D eigenvalue weighted by Crippen LogP contribution is 2.65. The van der Waals surface area contributed by atoms with Gasteiger partial charge in [-0.1, -0.05) is 13.8 Å². The second-order valence-corrected chi connectivity index (χ2v) is 7.03. The van der Waals surface area contributed by atoms with Gasteiger partial charge in [0.15, 0.2) is 0 Å². The molecule has 0 aromatic rings. The molecule has 2 saturated carbocycles. The van der Waals surface area contributed by atoms with Gasteiger partial charge in [0.25, 0.3) is 10.1 Å². The Bertz CT molecular complexity index is 442. The van der Waals surface area contributed by atoms with Crippen LogP contribution in [0.2, 0.25) is 0 Å². The molecule has 5 nitrogen and oxygen atoms in total. The SMILES string of the molecule is CC1(C)C2CCC1(C(N)S(=O)(=O)O)C(=O)C2. The van der Waals surface area contributed by atoms with Crippen molar-refractivity contribution in [3.63, 3.8) is 0 Å². The quantitative estimate of drug-likeness (QED) is 0.695. The fourth-order valence-corrected chi connectivity index (χ4v) is 4.69. The van der Waals surface area contributed by atoms with Crippen LogP contribution in [0, 0.1) is 16.7 Å². The fourth-order valence-electron chi connectivity index (χ4n) is 3.63. The molecule has 2 aliphatic carbocycles. The largest absolute Gasteiger partial charge is 0.312 e. The zero-order valence-electron chi connectivity index (χ0n) is 9.43. The number of carbonyl (C=O) groups is 1. The van der Waals surface area contributed by atoms with Crippen LogP contribution < -0.4 is 5.73 Å². The minimum Gasteiger partial charge on any atom is -0.312 e. The predicted octanol–water partition coefficient (Wildman–Crippen LogP) is 0.554. The third-order valence-corrected chi connectivity index (χ3v) is 5.84. The normalized spacial score (nSPS) is 39.0. The summed E-state index contributed by atoms with van der Waals surface area (Å²) in [4.78, 5) is 12.0. The fraction of sp³-hybridized carbons (Fsp3) is 0.900. The van der Waals surface area contributed by atoms with E-state index in [9.17, 15) is 13.2 Å². The lowest BCUT2D eigenvalue weighted by molar-refractivity contribution is -0.129. The van der Waals surface area contributed by atoms with Crippen molar-refractivity contribution in [1.29, 1.82) is 0 Å². The third kappa shape index (κ3) is 1.18. The van der Waals surface area contributed by atoms with Crippen LogP contribution >= 0.6 is 0 Å². The Kier molecular flexibility index (Phi) is 2.29. The highest BCUT2D eigenvalue weighted by molar-refractivity contribution is 7.86. The molecule has 0 aromatic carbocycles. The lowest BCUT2D eigenvalue weighted by Gasteiger charge is -2.39. The summed E-state index contributed by atoms with van der Waals surface area (Å²) >= 11 is 0. The van der Waals surface area contributed by atoms with E-state index in [2.05, 4.69) is 0 Å². The number of hydrogen-bond acceptors (Lipinski definition) is 4. The first kappa shape index (κ1) is 12.0. The van der Waals surface area contributed by atoms with Gasteiger partial charge in [-0.05, 0) is 24.2 Å². The number of hydrogen-bond donors (Lipinski definition) is 2. The van der Waals surface area contributed by atoms with E-state index in [1.54, 1.807) is 0 Å². The molecule has 0 amide bonds.